The summed E-state index contributed by atoms with van der Waals surface area (Å²) in [6.45, 7) is 1.69. The highest BCUT2D eigenvalue weighted by molar-refractivity contribution is 5.93. The minimum Gasteiger partial charge on any atom is -0.497 e. The second-order valence-electron chi connectivity index (χ2n) is 7.16. The number of ether oxygens (including phenoxy) is 1. The number of piperidine rings is 1. The number of para-hydroxylation sites is 1. The van der Waals surface area contributed by atoms with Crippen molar-refractivity contribution in [3.63, 3.8) is 0 Å². The summed E-state index contributed by atoms with van der Waals surface area (Å²) in [5.74, 6) is 0.867. The molecule has 0 spiro atoms. The number of likely N-dealkylation sites (tertiary alicyclic amines) is 1. The minimum atomic E-state index is 0.0674. The van der Waals surface area contributed by atoms with Crippen LogP contribution in [0.2, 0.25) is 0 Å². The average molecular weight is 387 g/mol. The molecule has 0 bridgehead atoms. The van der Waals surface area contributed by atoms with Crippen molar-refractivity contribution in [1.82, 2.24) is 14.7 Å². The van der Waals surface area contributed by atoms with E-state index in [-0.39, 0.29) is 5.91 Å². The van der Waals surface area contributed by atoms with E-state index in [4.69, 9.17) is 9.84 Å². The number of rotatable bonds is 5. The van der Waals surface area contributed by atoms with Crippen LogP contribution >= 0.6 is 0 Å². The lowest BCUT2D eigenvalue weighted by Gasteiger charge is -2.25. The van der Waals surface area contributed by atoms with Crippen LogP contribution < -0.4 is 4.74 Å². The number of hydrogen-bond donors (Lipinski definition) is 0. The van der Waals surface area contributed by atoms with Crippen molar-refractivity contribution >= 4 is 12.0 Å². The van der Waals surface area contributed by atoms with Crippen molar-refractivity contribution in [2.24, 2.45) is 0 Å². The van der Waals surface area contributed by atoms with Crippen molar-refractivity contribution in [2.45, 2.75) is 19.3 Å². The molecule has 148 valence electrons. The summed E-state index contributed by atoms with van der Waals surface area (Å²) in [7, 11) is 1.65. The van der Waals surface area contributed by atoms with Crippen LogP contribution in [0, 0.1) is 0 Å². The first-order valence-electron chi connectivity index (χ1n) is 10.0. The summed E-state index contributed by atoms with van der Waals surface area (Å²) in [5, 5.41) is 4.80. The van der Waals surface area contributed by atoms with Crippen LogP contribution in [0.15, 0.2) is 66.9 Å². The van der Waals surface area contributed by atoms with E-state index in [0.29, 0.717) is 0 Å². The van der Waals surface area contributed by atoms with Gasteiger partial charge in [-0.1, -0.05) is 18.2 Å². The SMILES string of the molecule is COc1ccc(-c2nn(-c3ccccc3)cc2/C=C/C(=O)N2CCCCC2)cc1. The fraction of sp³-hybridized carbons (Fsp3) is 0.250. The maximum absolute atomic E-state index is 12.6. The highest BCUT2D eigenvalue weighted by atomic mass is 16.5. The summed E-state index contributed by atoms with van der Waals surface area (Å²) in [6.07, 6.45) is 8.90. The molecule has 0 radical (unpaired) electrons. The van der Waals surface area contributed by atoms with E-state index in [2.05, 4.69) is 0 Å². The lowest BCUT2D eigenvalue weighted by atomic mass is 10.1. The van der Waals surface area contributed by atoms with Gasteiger partial charge >= 0.3 is 0 Å². The number of amides is 1. The second kappa shape index (κ2) is 8.78. The summed E-state index contributed by atoms with van der Waals surface area (Å²) in [5.41, 5.74) is 3.69. The molecule has 2 aromatic carbocycles. The molecule has 0 aliphatic carbocycles. The number of aromatic nitrogens is 2. The van der Waals surface area contributed by atoms with Gasteiger partial charge in [0.2, 0.25) is 5.91 Å². The number of benzene rings is 2. The van der Waals surface area contributed by atoms with Crippen molar-refractivity contribution in [2.75, 3.05) is 20.2 Å². The molecule has 1 aliphatic rings. The highest BCUT2D eigenvalue weighted by Gasteiger charge is 2.15. The molecule has 0 atom stereocenters. The molecule has 0 N–H and O–H groups in total. The number of carbonyl (C=O) groups excluding carboxylic acids is 1. The number of hydrogen-bond acceptors (Lipinski definition) is 3. The van der Waals surface area contributed by atoms with Crippen molar-refractivity contribution in [3.8, 4) is 22.7 Å². The second-order valence-corrected chi connectivity index (χ2v) is 7.16. The van der Waals surface area contributed by atoms with E-state index >= 15 is 0 Å². The van der Waals surface area contributed by atoms with Crippen LogP contribution in [0.1, 0.15) is 24.8 Å². The highest BCUT2D eigenvalue weighted by Crippen LogP contribution is 2.27. The van der Waals surface area contributed by atoms with Crippen molar-refractivity contribution in [3.05, 3.63) is 72.4 Å². The van der Waals surface area contributed by atoms with Gasteiger partial charge in [-0.2, -0.15) is 5.10 Å². The lowest BCUT2D eigenvalue weighted by Crippen LogP contribution is -2.34. The van der Waals surface area contributed by atoms with E-state index in [0.717, 1.165) is 54.2 Å². The maximum Gasteiger partial charge on any atom is 0.246 e. The zero-order chi connectivity index (χ0) is 20.1. The maximum atomic E-state index is 12.6. The van der Waals surface area contributed by atoms with E-state index in [1.165, 1.54) is 6.42 Å². The number of carbonyl (C=O) groups is 1. The number of methoxy groups -OCH3 is 1. The summed E-state index contributed by atoms with van der Waals surface area (Å²) in [6, 6.07) is 17.8. The smallest absolute Gasteiger partial charge is 0.246 e. The molecule has 1 amide bonds. The van der Waals surface area contributed by atoms with Gasteiger partial charge in [0.25, 0.3) is 0 Å². The molecule has 5 nitrogen and oxygen atoms in total. The molecule has 1 aromatic heterocycles. The Labute approximate surface area is 171 Å². The molecule has 5 heteroatoms. The topological polar surface area (TPSA) is 47.4 Å². The van der Waals surface area contributed by atoms with Crippen molar-refractivity contribution in [1.29, 1.82) is 0 Å². The molecular weight excluding hydrogens is 362 g/mol. The Kier molecular flexibility index (Phi) is 5.75. The van der Waals surface area contributed by atoms with Gasteiger partial charge in [-0.05, 0) is 61.7 Å². The van der Waals surface area contributed by atoms with Crippen LogP contribution in [-0.4, -0.2) is 40.8 Å². The third-order valence-corrected chi connectivity index (χ3v) is 5.20. The quantitative estimate of drug-likeness (QED) is 0.603. The predicted octanol–water partition coefficient (Wildman–Crippen LogP) is 4.57. The molecular formula is C24H25N3O2. The van der Waals surface area contributed by atoms with Gasteiger partial charge in [0, 0.05) is 36.5 Å². The Hall–Kier alpha value is -3.34. The molecule has 1 fully saturated rings. The van der Waals surface area contributed by atoms with E-state index in [9.17, 15) is 4.79 Å². The fourth-order valence-corrected chi connectivity index (χ4v) is 3.58. The molecule has 29 heavy (non-hydrogen) atoms. The Morgan fingerprint density at radius 2 is 1.72 bits per heavy atom. The van der Waals surface area contributed by atoms with Crippen LogP contribution in [-0.2, 0) is 4.79 Å². The first kappa shape index (κ1) is 19.0. The van der Waals surface area contributed by atoms with Crippen molar-refractivity contribution < 1.29 is 9.53 Å². The van der Waals surface area contributed by atoms with Gasteiger partial charge in [0.1, 0.15) is 5.75 Å². The van der Waals surface area contributed by atoms with Crippen LogP contribution in [0.4, 0.5) is 0 Å². The summed E-state index contributed by atoms with van der Waals surface area (Å²) in [4.78, 5) is 14.5. The molecule has 0 saturated carbocycles. The fourth-order valence-electron chi connectivity index (χ4n) is 3.58. The molecule has 0 unspecified atom stereocenters. The Morgan fingerprint density at radius 3 is 2.41 bits per heavy atom. The predicted molar refractivity (Wildman–Crippen MR) is 115 cm³/mol. The minimum absolute atomic E-state index is 0.0674. The van der Waals surface area contributed by atoms with E-state index in [1.807, 2.05) is 76.5 Å². The van der Waals surface area contributed by atoms with Gasteiger partial charge in [0.15, 0.2) is 0 Å². The number of nitrogens with zero attached hydrogens (tertiary/aromatic N) is 3. The monoisotopic (exact) mass is 387 g/mol. The van der Waals surface area contributed by atoms with E-state index in [1.54, 1.807) is 13.2 Å². The van der Waals surface area contributed by atoms with Crippen LogP contribution in [0.5, 0.6) is 5.75 Å². The zero-order valence-corrected chi connectivity index (χ0v) is 16.6. The Balaban J connectivity index is 1.67. The Morgan fingerprint density at radius 1 is 1.00 bits per heavy atom. The van der Waals surface area contributed by atoms with Gasteiger partial charge in [-0.25, -0.2) is 4.68 Å². The third-order valence-electron chi connectivity index (χ3n) is 5.20. The normalized spacial score (nSPS) is 14.3. The molecule has 4 rings (SSSR count). The first-order chi connectivity index (χ1) is 14.2. The first-order valence-corrected chi connectivity index (χ1v) is 10.0. The van der Waals surface area contributed by atoms with Gasteiger partial charge in [0.05, 0.1) is 18.5 Å². The molecule has 1 saturated heterocycles. The van der Waals surface area contributed by atoms with Gasteiger partial charge in [-0.15, -0.1) is 0 Å². The molecule has 1 aliphatic heterocycles. The lowest BCUT2D eigenvalue weighted by molar-refractivity contribution is -0.126. The summed E-state index contributed by atoms with van der Waals surface area (Å²) < 4.78 is 7.12. The van der Waals surface area contributed by atoms with Gasteiger partial charge < -0.3 is 9.64 Å². The average Bonchev–Trinajstić information content (AvgIpc) is 3.23. The largest absolute Gasteiger partial charge is 0.497 e. The standard InChI is InChI=1S/C24H25N3O2/c1-29-22-13-10-19(11-14-22)24-20(12-15-23(28)26-16-6-3-7-17-26)18-27(25-24)21-8-4-2-5-9-21/h2,4-5,8-15,18H,3,6-7,16-17H2,1H3/b15-12+. The van der Waals surface area contributed by atoms with Crippen LogP contribution in [0.25, 0.3) is 23.0 Å². The molecule has 2 heterocycles. The summed E-state index contributed by atoms with van der Waals surface area (Å²) >= 11 is 0. The third kappa shape index (κ3) is 4.40. The Bertz CT molecular complexity index is 985. The van der Waals surface area contributed by atoms with Gasteiger partial charge in [-0.3, -0.25) is 4.79 Å². The van der Waals surface area contributed by atoms with E-state index < -0.39 is 0 Å². The van der Waals surface area contributed by atoms with Crippen LogP contribution in [0.3, 0.4) is 0 Å². The molecule has 3 aromatic rings. The zero-order valence-electron chi connectivity index (χ0n) is 16.6.